The monoisotopic (exact) mass is 506 g/mol. The highest BCUT2D eigenvalue weighted by Gasteiger charge is 2.24. The molecule has 1 amide bonds. The molecule has 1 fully saturated rings. The van der Waals surface area contributed by atoms with Crippen molar-refractivity contribution < 1.29 is 24.5 Å². The maximum atomic E-state index is 12.4. The summed E-state index contributed by atoms with van der Waals surface area (Å²) in [6.45, 7) is 6.53. The molecule has 1 aliphatic heterocycles. The van der Waals surface area contributed by atoms with E-state index in [1.165, 1.54) is 6.20 Å². The number of pyridine rings is 1. The van der Waals surface area contributed by atoms with Crippen LogP contribution in [0.2, 0.25) is 5.02 Å². The van der Waals surface area contributed by atoms with Gasteiger partial charge in [-0.05, 0) is 69.6 Å². The van der Waals surface area contributed by atoms with Crippen LogP contribution in [0.3, 0.4) is 0 Å². The Kier molecular flexibility index (Phi) is 10.4. The van der Waals surface area contributed by atoms with Crippen molar-refractivity contribution in [2.45, 2.75) is 45.3 Å². The molecule has 1 aromatic carbocycles. The average Bonchev–Trinajstić information content (AvgIpc) is 2.89. The van der Waals surface area contributed by atoms with Crippen molar-refractivity contribution in [1.82, 2.24) is 15.6 Å². The van der Waals surface area contributed by atoms with E-state index in [-0.39, 0.29) is 19.3 Å². The lowest BCUT2D eigenvalue weighted by molar-refractivity contribution is 0.0879. The fourth-order valence-corrected chi connectivity index (χ4v) is 4.28. The Bertz CT molecular complexity index is 922. The van der Waals surface area contributed by atoms with Crippen molar-refractivity contribution in [3.8, 4) is 11.5 Å². The third kappa shape index (κ3) is 7.20. The predicted octanol–water partition coefficient (Wildman–Crippen LogP) is 2.37. The molecule has 0 spiro atoms. The number of hydrogen-bond donors (Lipinski definition) is 4. The van der Waals surface area contributed by atoms with Crippen molar-refractivity contribution in [2.24, 2.45) is 0 Å². The van der Waals surface area contributed by atoms with Gasteiger partial charge in [0.1, 0.15) is 22.3 Å². The number of halogens is 1. The molecule has 35 heavy (non-hydrogen) atoms. The van der Waals surface area contributed by atoms with Gasteiger partial charge in [-0.3, -0.25) is 4.79 Å². The second-order valence-corrected chi connectivity index (χ2v) is 8.70. The molecule has 0 radical (unpaired) electrons. The largest absolute Gasteiger partial charge is 0.492 e. The summed E-state index contributed by atoms with van der Waals surface area (Å²) >= 11 is 6.49. The molecule has 2 heterocycles. The van der Waals surface area contributed by atoms with Crippen LogP contribution in [0, 0.1) is 0 Å². The number of anilines is 1. The Hall–Kier alpha value is -2.59. The lowest BCUT2D eigenvalue weighted by Gasteiger charge is -2.36. The van der Waals surface area contributed by atoms with Crippen molar-refractivity contribution in [2.75, 3.05) is 44.4 Å². The minimum Gasteiger partial charge on any atom is -0.492 e. The Balaban J connectivity index is 1.88. The van der Waals surface area contributed by atoms with Crippen LogP contribution in [0.1, 0.15) is 42.6 Å². The number of aliphatic hydroxyl groups is 2. The van der Waals surface area contributed by atoms with E-state index in [2.05, 4.69) is 20.5 Å². The quantitative estimate of drug-likeness (QED) is 0.347. The second-order valence-electron chi connectivity index (χ2n) is 8.32. The molecule has 192 valence electrons. The van der Waals surface area contributed by atoms with Crippen LogP contribution in [-0.4, -0.2) is 72.7 Å². The van der Waals surface area contributed by atoms with Crippen LogP contribution in [0.4, 0.5) is 5.82 Å². The summed E-state index contributed by atoms with van der Waals surface area (Å²) in [4.78, 5) is 19.3. The normalized spacial score (nSPS) is 14.1. The van der Waals surface area contributed by atoms with Crippen molar-refractivity contribution >= 4 is 23.3 Å². The SMILES string of the molecule is CCOc1cc(CN(c2ccc(C(=O)NC(CO)CO)cn2)C2CCNCC2)cc(OCC)c1Cl. The first-order valence-electron chi connectivity index (χ1n) is 12.0. The zero-order chi connectivity index (χ0) is 25.2. The number of aliphatic hydroxyl groups excluding tert-OH is 2. The van der Waals surface area contributed by atoms with E-state index in [0.717, 1.165) is 37.3 Å². The standard InChI is InChI=1S/C25H35ClN4O5/c1-3-34-21-11-17(12-22(24(21)26)35-4-2)14-30(20-7-9-27-10-8-20)23-6-5-18(13-28-23)25(33)29-19(15-31)16-32/h5-6,11-13,19-20,27,31-32H,3-4,7-10,14-16H2,1-2H3,(H,29,33). The minimum atomic E-state index is -0.711. The molecule has 3 rings (SSSR count). The van der Waals surface area contributed by atoms with E-state index in [1.54, 1.807) is 6.07 Å². The summed E-state index contributed by atoms with van der Waals surface area (Å²) in [5.74, 6) is 1.52. The first-order valence-corrected chi connectivity index (χ1v) is 12.4. The van der Waals surface area contributed by atoms with Gasteiger partial charge in [0.15, 0.2) is 0 Å². The maximum Gasteiger partial charge on any atom is 0.253 e. The van der Waals surface area contributed by atoms with Crippen LogP contribution in [-0.2, 0) is 6.54 Å². The number of nitrogens with zero attached hydrogens (tertiary/aromatic N) is 2. The zero-order valence-corrected chi connectivity index (χ0v) is 21.1. The molecule has 9 nitrogen and oxygen atoms in total. The van der Waals surface area contributed by atoms with E-state index in [9.17, 15) is 15.0 Å². The number of carbonyl (C=O) groups is 1. The van der Waals surface area contributed by atoms with E-state index in [1.807, 2.05) is 32.0 Å². The molecule has 1 aromatic heterocycles. The van der Waals surface area contributed by atoms with Crippen LogP contribution in [0.15, 0.2) is 30.5 Å². The first kappa shape index (κ1) is 27.0. The number of piperidine rings is 1. The number of rotatable bonds is 12. The van der Waals surface area contributed by atoms with Crippen LogP contribution < -0.4 is 25.0 Å². The van der Waals surface area contributed by atoms with Gasteiger partial charge in [0.05, 0.1) is 38.0 Å². The molecule has 0 atom stereocenters. The second kappa shape index (κ2) is 13.5. The molecular weight excluding hydrogens is 472 g/mol. The molecule has 0 unspecified atom stereocenters. The molecule has 4 N–H and O–H groups in total. The summed E-state index contributed by atoms with van der Waals surface area (Å²) in [5.41, 5.74) is 1.34. The molecular formula is C25H35ClN4O5. The fraction of sp³-hybridized carbons (Fsp3) is 0.520. The number of aromatic nitrogens is 1. The van der Waals surface area contributed by atoms with Gasteiger partial charge < -0.3 is 35.2 Å². The predicted molar refractivity (Wildman–Crippen MR) is 136 cm³/mol. The van der Waals surface area contributed by atoms with E-state index in [4.69, 9.17) is 21.1 Å². The summed E-state index contributed by atoms with van der Waals surface area (Å²) in [5, 5.41) is 24.9. The number of nitrogens with one attached hydrogen (secondary N) is 2. The fourth-order valence-electron chi connectivity index (χ4n) is 4.06. The highest BCUT2D eigenvalue weighted by atomic mass is 35.5. The summed E-state index contributed by atoms with van der Waals surface area (Å²) in [7, 11) is 0. The number of ether oxygens (including phenoxy) is 2. The number of amides is 1. The molecule has 1 saturated heterocycles. The highest BCUT2D eigenvalue weighted by molar-refractivity contribution is 6.33. The van der Waals surface area contributed by atoms with Gasteiger partial charge >= 0.3 is 0 Å². The lowest BCUT2D eigenvalue weighted by atomic mass is 10.0. The summed E-state index contributed by atoms with van der Waals surface area (Å²) < 4.78 is 11.5. The molecule has 1 aliphatic rings. The maximum absolute atomic E-state index is 12.4. The molecule has 2 aromatic rings. The van der Waals surface area contributed by atoms with Crippen molar-refractivity contribution in [3.05, 3.63) is 46.6 Å². The number of carbonyl (C=O) groups excluding carboxylic acids is 1. The average molecular weight is 507 g/mol. The van der Waals surface area contributed by atoms with Gasteiger partial charge in [-0.2, -0.15) is 0 Å². The van der Waals surface area contributed by atoms with Gasteiger partial charge in [-0.15, -0.1) is 0 Å². The molecule has 0 saturated carbocycles. The van der Waals surface area contributed by atoms with E-state index >= 15 is 0 Å². The third-order valence-corrected chi connectivity index (χ3v) is 6.22. The lowest BCUT2D eigenvalue weighted by Crippen LogP contribution is -2.43. The zero-order valence-electron chi connectivity index (χ0n) is 20.3. The smallest absolute Gasteiger partial charge is 0.253 e. The Morgan fingerprint density at radius 2 is 1.80 bits per heavy atom. The molecule has 10 heteroatoms. The molecule has 0 aliphatic carbocycles. The Morgan fingerprint density at radius 3 is 2.31 bits per heavy atom. The minimum absolute atomic E-state index is 0.262. The number of hydrogen-bond acceptors (Lipinski definition) is 8. The van der Waals surface area contributed by atoms with Gasteiger partial charge in [0.2, 0.25) is 0 Å². The van der Waals surface area contributed by atoms with Crippen LogP contribution >= 0.6 is 11.6 Å². The van der Waals surface area contributed by atoms with Crippen molar-refractivity contribution in [3.63, 3.8) is 0 Å². The Morgan fingerprint density at radius 1 is 1.17 bits per heavy atom. The van der Waals surface area contributed by atoms with Gasteiger partial charge in [0, 0.05) is 18.8 Å². The molecule has 0 bridgehead atoms. The van der Waals surface area contributed by atoms with Crippen molar-refractivity contribution in [1.29, 1.82) is 0 Å². The Labute approximate surface area is 211 Å². The first-order chi connectivity index (χ1) is 17.0. The van der Waals surface area contributed by atoms with Gasteiger partial charge in [0.25, 0.3) is 5.91 Å². The van der Waals surface area contributed by atoms with Gasteiger partial charge in [-0.1, -0.05) is 11.6 Å². The topological polar surface area (TPSA) is 116 Å². The highest BCUT2D eigenvalue weighted by Crippen LogP contribution is 2.37. The third-order valence-electron chi connectivity index (χ3n) is 5.85. The van der Waals surface area contributed by atoms with E-state index < -0.39 is 11.9 Å². The van der Waals surface area contributed by atoms with E-state index in [0.29, 0.717) is 41.8 Å². The summed E-state index contributed by atoms with van der Waals surface area (Å²) in [6, 6.07) is 6.96. The van der Waals surface area contributed by atoms with Crippen LogP contribution in [0.5, 0.6) is 11.5 Å². The number of benzene rings is 1. The van der Waals surface area contributed by atoms with Crippen LogP contribution in [0.25, 0.3) is 0 Å². The summed E-state index contributed by atoms with van der Waals surface area (Å²) in [6.07, 6.45) is 3.44. The van der Waals surface area contributed by atoms with Gasteiger partial charge in [-0.25, -0.2) is 4.98 Å².